The molecular weight excluding hydrogens is 314 g/mol. The number of aromatic nitrogens is 1. The first kappa shape index (κ1) is 16.5. The summed E-state index contributed by atoms with van der Waals surface area (Å²) in [5.74, 6) is 0.762. The summed E-state index contributed by atoms with van der Waals surface area (Å²) in [6.45, 7) is 1.97. The lowest BCUT2D eigenvalue weighted by atomic mass is 10.1. The van der Waals surface area contributed by atoms with E-state index in [1.54, 1.807) is 6.20 Å². The molecule has 0 saturated heterocycles. The third kappa shape index (κ3) is 4.35. The topological polar surface area (TPSA) is 77.2 Å². The summed E-state index contributed by atoms with van der Waals surface area (Å²) in [5.41, 5.74) is 8.19. The van der Waals surface area contributed by atoms with Crippen LogP contribution in [0.4, 0.5) is 5.69 Å². The van der Waals surface area contributed by atoms with Crippen molar-refractivity contribution in [2.75, 3.05) is 5.32 Å². The number of benzene rings is 2. The molecule has 3 aromatic rings. The molecule has 126 valence electrons. The van der Waals surface area contributed by atoms with E-state index in [4.69, 9.17) is 10.5 Å². The van der Waals surface area contributed by atoms with Crippen molar-refractivity contribution in [1.82, 2.24) is 4.98 Å². The third-order valence-corrected chi connectivity index (χ3v) is 3.69. The third-order valence-electron chi connectivity index (χ3n) is 3.69. The second-order valence-corrected chi connectivity index (χ2v) is 5.69. The van der Waals surface area contributed by atoms with Gasteiger partial charge in [-0.05, 0) is 42.3 Å². The second-order valence-electron chi connectivity index (χ2n) is 5.69. The van der Waals surface area contributed by atoms with Crippen LogP contribution in [-0.2, 0) is 4.79 Å². The van der Waals surface area contributed by atoms with Crippen LogP contribution in [0.3, 0.4) is 0 Å². The van der Waals surface area contributed by atoms with Crippen LogP contribution in [0.25, 0.3) is 0 Å². The molecule has 0 saturated carbocycles. The van der Waals surface area contributed by atoms with Gasteiger partial charge in [-0.2, -0.15) is 0 Å². The van der Waals surface area contributed by atoms with Crippen molar-refractivity contribution in [1.29, 1.82) is 0 Å². The molecule has 0 fully saturated rings. The van der Waals surface area contributed by atoms with Gasteiger partial charge in [0.15, 0.2) is 0 Å². The Hall–Kier alpha value is -3.34. The standard InChI is InChI=1S/C20H19N3O2/c1-14-7-12-18(22-13-14)25-17-10-8-16(9-11-17)23-19(20(21)24)15-5-3-2-4-6-15/h2-13,19,23H,1H3,(H2,21,24)/t19-/m0/s1. The van der Waals surface area contributed by atoms with E-state index in [0.717, 1.165) is 16.8 Å². The van der Waals surface area contributed by atoms with E-state index < -0.39 is 11.9 Å². The van der Waals surface area contributed by atoms with E-state index in [0.29, 0.717) is 11.6 Å². The van der Waals surface area contributed by atoms with E-state index in [9.17, 15) is 4.79 Å². The second kappa shape index (κ2) is 7.49. The van der Waals surface area contributed by atoms with Crippen LogP contribution in [0.15, 0.2) is 72.9 Å². The Balaban J connectivity index is 1.71. The van der Waals surface area contributed by atoms with E-state index in [2.05, 4.69) is 10.3 Å². The number of rotatable bonds is 6. The van der Waals surface area contributed by atoms with Crippen LogP contribution >= 0.6 is 0 Å². The molecule has 3 N–H and O–H groups in total. The smallest absolute Gasteiger partial charge is 0.244 e. The maximum atomic E-state index is 11.8. The number of pyridine rings is 1. The molecule has 0 aliphatic rings. The summed E-state index contributed by atoms with van der Waals surface area (Å²) < 4.78 is 5.69. The maximum absolute atomic E-state index is 11.8. The Bertz CT molecular complexity index is 831. The number of ether oxygens (including phenoxy) is 1. The van der Waals surface area contributed by atoms with Crippen LogP contribution in [0.2, 0.25) is 0 Å². The lowest BCUT2D eigenvalue weighted by molar-refractivity contribution is -0.118. The normalized spacial score (nSPS) is 11.6. The zero-order chi connectivity index (χ0) is 17.6. The number of primary amides is 1. The molecule has 3 rings (SSSR count). The van der Waals surface area contributed by atoms with Gasteiger partial charge in [-0.3, -0.25) is 4.79 Å². The van der Waals surface area contributed by atoms with E-state index in [-0.39, 0.29) is 0 Å². The highest BCUT2D eigenvalue weighted by Gasteiger charge is 2.17. The predicted octanol–water partition coefficient (Wildman–Crippen LogP) is 3.82. The van der Waals surface area contributed by atoms with Gasteiger partial charge < -0.3 is 15.8 Å². The van der Waals surface area contributed by atoms with Crippen molar-refractivity contribution in [2.45, 2.75) is 13.0 Å². The number of hydrogen-bond acceptors (Lipinski definition) is 4. The highest BCUT2D eigenvalue weighted by Crippen LogP contribution is 2.24. The van der Waals surface area contributed by atoms with Crippen LogP contribution in [0.5, 0.6) is 11.6 Å². The molecule has 0 aliphatic carbocycles. The highest BCUT2D eigenvalue weighted by molar-refractivity contribution is 5.84. The average Bonchev–Trinajstić information content (AvgIpc) is 2.63. The number of carbonyl (C=O) groups is 1. The Kier molecular flexibility index (Phi) is 4.95. The van der Waals surface area contributed by atoms with Gasteiger partial charge >= 0.3 is 0 Å². The van der Waals surface area contributed by atoms with Crippen molar-refractivity contribution in [3.63, 3.8) is 0 Å². The number of aryl methyl sites for hydroxylation is 1. The quantitative estimate of drug-likeness (QED) is 0.719. The van der Waals surface area contributed by atoms with Crippen LogP contribution in [-0.4, -0.2) is 10.9 Å². The van der Waals surface area contributed by atoms with Crippen LogP contribution < -0.4 is 15.8 Å². The molecule has 0 bridgehead atoms. The number of nitrogens with one attached hydrogen (secondary N) is 1. The molecule has 1 aromatic heterocycles. The minimum absolute atomic E-state index is 0.435. The number of hydrogen-bond donors (Lipinski definition) is 2. The molecule has 1 amide bonds. The molecule has 0 radical (unpaired) electrons. The molecule has 1 atom stereocenters. The Morgan fingerprint density at radius 2 is 1.76 bits per heavy atom. The lowest BCUT2D eigenvalue weighted by Crippen LogP contribution is -2.27. The summed E-state index contributed by atoms with van der Waals surface area (Å²) in [5, 5.41) is 3.15. The summed E-state index contributed by atoms with van der Waals surface area (Å²) in [6.07, 6.45) is 1.75. The molecule has 0 spiro atoms. The van der Waals surface area contributed by atoms with Crippen molar-refractivity contribution in [2.24, 2.45) is 5.73 Å². The average molecular weight is 333 g/mol. The van der Waals surface area contributed by atoms with Gasteiger partial charge in [0.2, 0.25) is 11.8 Å². The monoisotopic (exact) mass is 333 g/mol. The van der Waals surface area contributed by atoms with Gasteiger partial charge in [-0.25, -0.2) is 4.98 Å². The molecule has 5 nitrogen and oxygen atoms in total. The molecule has 2 aromatic carbocycles. The minimum atomic E-state index is -0.591. The molecule has 1 heterocycles. The zero-order valence-corrected chi connectivity index (χ0v) is 13.8. The molecule has 5 heteroatoms. The Morgan fingerprint density at radius 1 is 1.04 bits per heavy atom. The van der Waals surface area contributed by atoms with E-state index >= 15 is 0 Å². The predicted molar refractivity (Wildman–Crippen MR) is 97.5 cm³/mol. The first-order chi connectivity index (χ1) is 12.1. The molecule has 0 unspecified atom stereocenters. The first-order valence-corrected chi connectivity index (χ1v) is 7.93. The van der Waals surface area contributed by atoms with Gasteiger partial charge in [-0.1, -0.05) is 36.4 Å². The highest BCUT2D eigenvalue weighted by atomic mass is 16.5. The fraction of sp³-hybridized carbons (Fsp3) is 0.100. The summed E-state index contributed by atoms with van der Waals surface area (Å²) in [6, 6.07) is 19.8. The number of amides is 1. The molecule has 25 heavy (non-hydrogen) atoms. The Labute approximate surface area is 146 Å². The SMILES string of the molecule is Cc1ccc(Oc2ccc(N[C@H](C(N)=O)c3ccccc3)cc2)nc1. The van der Waals surface area contributed by atoms with Crippen LogP contribution in [0, 0.1) is 6.92 Å². The lowest BCUT2D eigenvalue weighted by Gasteiger charge is -2.17. The fourth-order valence-electron chi connectivity index (χ4n) is 2.39. The van der Waals surface area contributed by atoms with Gasteiger partial charge in [0, 0.05) is 18.0 Å². The van der Waals surface area contributed by atoms with Crippen LogP contribution in [0.1, 0.15) is 17.2 Å². The number of anilines is 1. The largest absolute Gasteiger partial charge is 0.439 e. The zero-order valence-electron chi connectivity index (χ0n) is 13.8. The van der Waals surface area contributed by atoms with E-state index in [1.807, 2.05) is 73.7 Å². The molecular formula is C20H19N3O2. The number of nitrogens with two attached hydrogens (primary N) is 1. The van der Waals surface area contributed by atoms with Crippen molar-refractivity contribution >= 4 is 11.6 Å². The van der Waals surface area contributed by atoms with Gasteiger partial charge in [0.1, 0.15) is 11.8 Å². The van der Waals surface area contributed by atoms with Crippen molar-refractivity contribution in [3.8, 4) is 11.6 Å². The van der Waals surface area contributed by atoms with E-state index in [1.165, 1.54) is 0 Å². The van der Waals surface area contributed by atoms with Crippen molar-refractivity contribution < 1.29 is 9.53 Å². The van der Waals surface area contributed by atoms with Crippen molar-refractivity contribution in [3.05, 3.63) is 84.1 Å². The van der Waals surface area contributed by atoms with Gasteiger partial charge in [0.05, 0.1) is 0 Å². The molecule has 0 aliphatic heterocycles. The summed E-state index contributed by atoms with van der Waals surface area (Å²) in [7, 11) is 0. The first-order valence-electron chi connectivity index (χ1n) is 7.93. The fourth-order valence-corrected chi connectivity index (χ4v) is 2.39. The Morgan fingerprint density at radius 3 is 2.36 bits per heavy atom. The van der Waals surface area contributed by atoms with Gasteiger partial charge in [-0.15, -0.1) is 0 Å². The number of nitrogens with zero attached hydrogens (tertiary/aromatic N) is 1. The maximum Gasteiger partial charge on any atom is 0.244 e. The number of carbonyl (C=O) groups excluding carboxylic acids is 1. The summed E-state index contributed by atoms with van der Waals surface area (Å²) in [4.78, 5) is 16.0. The van der Waals surface area contributed by atoms with Gasteiger partial charge in [0.25, 0.3) is 0 Å². The summed E-state index contributed by atoms with van der Waals surface area (Å²) >= 11 is 0. The minimum Gasteiger partial charge on any atom is -0.439 e.